The molecule has 3 nitrogen and oxygen atoms in total. The van der Waals surface area contributed by atoms with E-state index in [-0.39, 0.29) is 6.54 Å². The zero-order chi connectivity index (χ0) is 13.1. The molecule has 0 amide bonds. The fraction of sp³-hybridized carbons (Fsp3) is 0.167. The maximum Gasteiger partial charge on any atom is 0.225 e. The van der Waals surface area contributed by atoms with Crippen LogP contribution in [0, 0.1) is 17.5 Å². The fourth-order valence-corrected chi connectivity index (χ4v) is 1.53. The van der Waals surface area contributed by atoms with E-state index >= 15 is 0 Å². The van der Waals surface area contributed by atoms with Gasteiger partial charge in [-0.1, -0.05) is 0 Å². The number of rotatable bonds is 3. The predicted octanol–water partition coefficient (Wildman–Crippen LogP) is 2.53. The van der Waals surface area contributed by atoms with E-state index in [0.29, 0.717) is 11.5 Å². The minimum absolute atomic E-state index is 0.179. The van der Waals surface area contributed by atoms with Crippen molar-refractivity contribution in [3.63, 3.8) is 0 Å². The van der Waals surface area contributed by atoms with E-state index in [2.05, 4.69) is 9.97 Å². The zero-order valence-corrected chi connectivity index (χ0v) is 9.57. The van der Waals surface area contributed by atoms with Crippen LogP contribution in [0.3, 0.4) is 0 Å². The highest BCUT2D eigenvalue weighted by Crippen LogP contribution is 2.16. The molecule has 0 N–H and O–H groups in total. The molecule has 2 rings (SSSR count). The summed E-state index contributed by atoms with van der Waals surface area (Å²) < 4.78 is 38.8. The van der Waals surface area contributed by atoms with Gasteiger partial charge in [0.2, 0.25) is 5.95 Å². The molecule has 18 heavy (non-hydrogen) atoms. The van der Waals surface area contributed by atoms with Crippen LogP contribution in [0.1, 0.15) is 5.56 Å². The highest BCUT2D eigenvalue weighted by molar-refractivity contribution is 5.30. The normalized spacial score (nSPS) is 10.4. The highest BCUT2D eigenvalue weighted by atomic mass is 19.2. The number of halogens is 3. The molecule has 0 atom stereocenters. The first-order valence-corrected chi connectivity index (χ1v) is 5.19. The summed E-state index contributed by atoms with van der Waals surface area (Å²) in [6.45, 7) is 0.179. The van der Waals surface area contributed by atoms with Crippen molar-refractivity contribution in [2.45, 2.75) is 6.54 Å². The van der Waals surface area contributed by atoms with Gasteiger partial charge in [0.25, 0.3) is 0 Å². The molecule has 0 fully saturated rings. The summed E-state index contributed by atoms with van der Waals surface area (Å²) in [7, 11) is 1.68. The van der Waals surface area contributed by atoms with Gasteiger partial charge in [-0.3, -0.25) is 0 Å². The summed E-state index contributed by atoms with van der Waals surface area (Å²) in [5, 5.41) is 0. The van der Waals surface area contributed by atoms with Crippen molar-refractivity contribution in [2.24, 2.45) is 0 Å². The van der Waals surface area contributed by atoms with Crippen molar-refractivity contribution in [3.8, 4) is 0 Å². The number of nitrogens with zero attached hydrogens (tertiary/aromatic N) is 3. The summed E-state index contributed by atoms with van der Waals surface area (Å²) >= 11 is 0. The molecule has 1 aromatic carbocycles. The lowest BCUT2D eigenvalue weighted by Crippen LogP contribution is -2.19. The SMILES string of the molecule is CN(Cc1cc(F)c(F)c(F)c1)c1ncccn1. The van der Waals surface area contributed by atoms with Crippen LogP contribution in [0.15, 0.2) is 30.6 Å². The van der Waals surface area contributed by atoms with E-state index in [1.165, 1.54) is 0 Å². The molecule has 1 heterocycles. The molecular weight excluding hydrogens is 243 g/mol. The first kappa shape index (κ1) is 12.3. The van der Waals surface area contributed by atoms with Gasteiger partial charge < -0.3 is 4.90 Å². The van der Waals surface area contributed by atoms with E-state index in [9.17, 15) is 13.2 Å². The molecule has 2 aromatic rings. The topological polar surface area (TPSA) is 29.0 Å². The van der Waals surface area contributed by atoms with Gasteiger partial charge in [0.1, 0.15) is 0 Å². The van der Waals surface area contributed by atoms with Crippen LogP contribution >= 0.6 is 0 Å². The molecule has 1 aromatic heterocycles. The van der Waals surface area contributed by atoms with E-state index in [1.54, 1.807) is 30.4 Å². The lowest BCUT2D eigenvalue weighted by molar-refractivity contribution is 0.445. The minimum Gasteiger partial charge on any atom is -0.340 e. The van der Waals surface area contributed by atoms with Crippen molar-refractivity contribution in [2.75, 3.05) is 11.9 Å². The van der Waals surface area contributed by atoms with Gasteiger partial charge >= 0.3 is 0 Å². The first-order valence-electron chi connectivity index (χ1n) is 5.19. The molecule has 0 aliphatic carbocycles. The van der Waals surface area contributed by atoms with Crippen LogP contribution < -0.4 is 4.90 Å². The molecule has 94 valence electrons. The van der Waals surface area contributed by atoms with Gasteiger partial charge in [-0.15, -0.1) is 0 Å². The predicted molar refractivity (Wildman–Crippen MR) is 60.5 cm³/mol. The maximum atomic E-state index is 13.0. The van der Waals surface area contributed by atoms with E-state index < -0.39 is 17.5 Å². The number of hydrogen-bond donors (Lipinski definition) is 0. The standard InChI is InChI=1S/C12H10F3N3/c1-18(12-16-3-2-4-17-12)7-8-5-9(13)11(15)10(14)6-8/h2-6H,7H2,1H3. The summed E-state index contributed by atoms with van der Waals surface area (Å²) in [6, 6.07) is 3.57. The Hall–Kier alpha value is -2.11. The Balaban J connectivity index is 2.20. The third-order valence-electron chi connectivity index (χ3n) is 2.36. The van der Waals surface area contributed by atoms with Gasteiger partial charge in [0, 0.05) is 26.0 Å². The van der Waals surface area contributed by atoms with Crippen molar-refractivity contribution in [1.82, 2.24) is 9.97 Å². The Labute approximate surface area is 102 Å². The van der Waals surface area contributed by atoms with Crippen LogP contribution in [-0.2, 0) is 6.54 Å². The lowest BCUT2D eigenvalue weighted by Gasteiger charge is -2.16. The van der Waals surface area contributed by atoms with Crippen LogP contribution in [0.25, 0.3) is 0 Å². The third kappa shape index (κ3) is 2.58. The summed E-state index contributed by atoms with van der Waals surface area (Å²) in [5.74, 6) is -3.44. The maximum absolute atomic E-state index is 13.0. The summed E-state index contributed by atoms with van der Waals surface area (Å²) in [5.41, 5.74) is 0.307. The van der Waals surface area contributed by atoms with Crippen molar-refractivity contribution in [3.05, 3.63) is 53.6 Å². The third-order valence-corrected chi connectivity index (χ3v) is 2.36. The fourth-order valence-electron chi connectivity index (χ4n) is 1.53. The van der Waals surface area contributed by atoms with Crippen molar-refractivity contribution >= 4 is 5.95 Å². The Bertz CT molecular complexity index is 523. The second-order valence-electron chi connectivity index (χ2n) is 3.78. The van der Waals surface area contributed by atoms with Crippen LogP contribution in [-0.4, -0.2) is 17.0 Å². The van der Waals surface area contributed by atoms with Gasteiger partial charge in [-0.25, -0.2) is 23.1 Å². The molecule has 0 radical (unpaired) electrons. The Morgan fingerprint density at radius 1 is 1.06 bits per heavy atom. The van der Waals surface area contributed by atoms with Gasteiger partial charge in [0.05, 0.1) is 0 Å². The first-order chi connectivity index (χ1) is 8.58. The van der Waals surface area contributed by atoms with Crippen molar-refractivity contribution < 1.29 is 13.2 Å². The molecular formula is C12H10F3N3. The Kier molecular flexibility index (Phi) is 3.45. The van der Waals surface area contributed by atoms with Gasteiger partial charge in [0.15, 0.2) is 17.5 Å². The molecule has 6 heteroatoms. The minimum atomic E-state index is -1.46. The second kappa shape index (κ2) is 5.03. The Morgan fingerprint density at radius 3 is 2.17 bits per heavy atom. The van der Waals surface area contributed by atoms with E-state index in [0.717, 1.165) is 12.1 Å². The summed E-state index contributed by atoms with van der Waals surface area (Å²) in [6.07, 6.45) is 3.12. The lowest BCUT2D eigenvalue weighted by atomic mass is 10.2. The largest absolute Gasteiger partial charge is 0.340 e. The van der Waals surface area contributed by atoms with Gasteiger partial charge in [-0.05, 0) is 23.8 Å². The Morgan fingerprint density at radius 2 is 1.61 bits per heavy atom. The molecule has 0 aliphatic heterocycles. The smallest absolute Gasteiger partial charge is 0.225 e. The van der Waals surface area contributed by atoms with E-state index in [1.807, 2.05) is 0 Å². The monoisotopic (exact) mass is 253 g/mol. The number of anilines is 1. The average Bonchev–Trinajstić information content (AvgIpc) is 2.37. The molecule has 0 unspecified atom stereocenters. The van der Waals surface area contributed by atoms with Gasteiger partial charge in [-0.2, -0.15) is 0 Å². The summed E-state index contributed by atoms with van der Waals surface area (Å²) in [4.78, 5) is 9.58. The molecule has 0 spiro atoms. The second-order valence-corrected chi connectivity index (χ2v) is 3.78. The quantitative estimate of drug-likeness (QED) is 0.787. The van der Waals surface area contributed by atoms with Crippen molar-refractivity contribution in [1.29, 1.82) is 0 Å². The van der Waals surface area contributed by atoms with Crippen LogP contribution in [0.5, 0.6) is 0 Å². The highest BCUT2D eigenvalue weighted by Gasteiger charge is 2.12. The number of aromatic nitrogens is 2. The zero-order valence-electron chi connectivity index (χ0n) is 9.57. The van der Waals surface area contributed by atoms with E-state index in [4.69, 9.17) is 0 Å². The average molecular weight is 253 g/mol. The molecule has 0 bridgehead atoms. The molecule has 0 aliphatic rings. The number of benzene rings is 1. The van der Waals surface area contributed by atoms with Crippen LogP contribution in [0.2, 0.25) is 0 Å². The van der Waals surface area contributed by atoms with Crippen LogP contribution in [0.4, 0.5) is 19.1 Å². The molecule has 0 saturated heterocycles. The number of hydrogen-bond acceptors (Lipinski definition) is 3. The molecule has 0 saturated carbocycles.